The molecule has 1 fully saturated rings. The van der Waals surface area contributed by atoms with Gasteiger partial charge in [0.1, 0.15) is 17.7 Å². The second-order valence-corrected chi connectivity index (χ2v) is 4.87. The van der Waals surface area contributed by atoms with Gasteiger partial charge in [-0.2, -0.15) is 0 Å². The van der Waals surface area contributed by atoms with E-state index >= 15 is 0 Å². The van der Waals surface area contributed by atoms with Crippen molar-refractivity contribution in [3.05, 3.63) is 35.4 Å². The van der Waals surface area contributed by atoms with E-state index in [1.54, 1.807) is 4.90 Å². The molecule has 0 saturated carbocycles. The number of piperidine rings is 1. The molecule has 0 spiro atoms. The molecule has 1 unspecified atom stereocenters. The second-order valence-electron chi connectivity index (χ2n) is 4.87. The lowest BCUT2D eigenvalue weighted by Crippen LogP contribution is -2.55. The molecule has 3 N–H and O–H groups in total. The van der Waals surface area contributed by atoms with Crippen LogP contribution in [-0.2, 0) is 6.42 Å². The van der Waals surface area contributed by atoms with Crippen LogP contribution in [0.25, 0.3) is 0 Å². The first kappa shape index (κ1) is 14.3. The molecule has 19 heavy (non-hydrogen) atoms. The standard InChI is InChI=1S/C13H17F2NO3/c14-9-1-2-10(15)8(5-9)3-4-16-6-11(17)13(19)12(18)7-16/h1-2,5,11-13,17-19H,3-4,6-7H2/t11-,12+,13?. The number of nitrogens with zero attached hydrogens (tertiary/aromatic N) is 1. The van der Waals surface area contributed by atoms with Gasteiger partial charge in [0.25, 0.3) is 0 Å². The number of rotatable bonds is 3. The van der Waals surface area contributed by atoms with Crippen molar-refractivity contribution in [1.29, 1.82) is 0 Å². The van der Waals surface area contributed by atoms with Crippen molar-refractivity contribution >= 4 is 0 Å². The van der Waals surface area contributed by atoms with Crippen LogP contribution < -0.4 is 0 Å². The van der Waals surface area contributed by atoms with Gasteiger partial charge in [-0.1, -0.05) is 0 Å². The van der Waals surface area contributed by atoms with E-state index in [-0.39, 0.29) is 25.1 Å². The summed E-state index contributed by atoms with van der Waals surface area (Å²) in [5.41, 5.74) is 0.259. The van der Waals surface area contributed by atoms with Crippen molar-refractivity contribution in [1.82, 2.24) is 4.90 Å². The van der Waals surface area contributed by atoms with E-state index in [0.717, 1.165) is 18.2 Å². The molecule has 2 rings (SSSR count). The van der Waals surface area contributed by atoms with Crippen LogP contribution in [0.1, 0.15) is 5.56 Å². The van der Waals surface area contributed by atoms with Crippen LogP contribution in [0.4, 0.5) is 8.78 Å². The quantitative estimate of drug-likeness (QED) is 0.720. The van der Waals surface area contributed by atoms with Crippen LogP contribution in [0.5, 0.6) is 0 Å². The van der Waals surface area contributed by atoms with Crippen LogP contribution in [0.3, 0.4) is 0 Å². The molecule has 0 aliphatic carbocycles. The van der Waals surface area contributed by atoms with Gasteiger partial charge in [-0.15, -0.1) is 0 Å². The maximum Gasteiger partial charge on any atom is 0.126 e. The van der Waals surface area contributed by atoms with E-state index in [9.17, 15) is 24.1 Å². The third-order valence-corrected chi connectivity index (χ3v) is 3.38. The van der Waals surface area contributed by atoms with E-state index in [2.05, 4.69) is 0 Å². The first-order valence-electron chi connectivity index (χ1n) is 6.18. The average molecular weight is 273 g/mol. The molecule has 6 heteroatoms. The largest absolute Gasteiger partial charge is 0.389 e. The zero-order chi connectivity index (χ0) is 14.0. The van der Waals surface area contributed by atoms with Gasteiger partial charge in [0.15, 0.2) is 0 Å². The SMILES string of the molecule is OC1[C@H](O)CN(CCc2cc(F)ccc2F)C[C@@H]1O. The minimum Gasteiger partial charge on any atom is -0.389 e. The number of hydrogen-bond donors (Lipinski definition) is 3. The minimum absolute atomic E-state index is 0.204. The van der Waals surface area contributed by atoms with Crippen LogP contribution in [0.2, 0.25) is 0 Å². The lowest BCUT2D eigenvalue weighted by atomic mass is 10.0. The number of aliphatic hydroxyl groups is 3. The van der Waals surface area contributed by atoms with E-state index < -0.39 is 29.9 Å². The molecule has 1 heterocycles. The van der Waals surface area contributed by atoms with Crippen LogP contribution in [0, 0.1) is 11.6 Å². The number of hydrogen-bond acceptors (Lipinski definition) is 4. The van der Waals surface area contributed by atoms with Gasteiger partial charge in [0.05, 0.1) is 12.2 Å². The molecule has 1 aliphatic heterocycles. The fourth-order valence-electron chi connectivity index (χ4n) is 2.27. The van der Waals surface area contributed by atoms with Gasteiger partial charge in [-0.05, 0) is 30.2 Å². The maximum atomic E-state index is 13.4. The molecule has 3 atom stereocenters. The van der Waals surface area contributed by atoms with Crippen molar-refractivity contribution in [2.45, 2.75) is 24.7 Å². The Morgan fingerprint density at radius 2 is 1.74 bits per heavy atom. The number of halogens is 2. The van der Waals surface area contributed by atoms with E-state index in [1.807, 2.05) is 0 Å². The van der Waals surface area contributed by atoms with Crippen molar-refractivity contribution < 1.29 is 24.1 Å². The van der Waals surface area contributed by atoms with Gasteiger partial charge in [0, 0.05) is 19.6 Å². The summed E-state index contributed by atoms with van der Waals surface area (Å²) < 4.78 is 26.4. The van der Waals surface area contributed by atoms with Crippen molar-refractivity contribution in [2.75, 3.05) is 19.6 Å². The molecular weight excluding hydrogens is 256 g/mol. The third kappa shape index (κ3) is 3.48. The molecule has 0 radical (unpaired) electrons. The monoisotopic (exact) mass is 273 g/mol. The summed E-state index contributed by atoms with van der Waals surface area (Å²) in [6, 6.07) is 3.28. The Morgan fingerprint density at radius 3 is 2.37 bits per heavy atom. The predicted molar refractivity (Wildman–Crippen MR) is 64.5 cm³/mol. The van der Waals surface area contributed by atoms with Crippen molar-refractivity contribution in [2.24, 2.45) is 0 Å². The average Bonchev–Trinajstić information content (AvgIpc) is 2.37. The number of aliphatic hydroxyl groups excluding tert-OH is 3. The third-order valence-electron chi connectivity index (χ3n) is 3.38. The summed E-state index contributed by atoms with van der Waals surface area (Å²) in [6.45, 7) is 0.783. The Balaban J connectivity index is 1.94. The smallest absolute Gasteiger partial charge is 0.126 e. The number of β-amino-alcohol motifs (C(OH)–C–C–N with tert-alkyl or cyclic N) is 2. The molecule has 1 aromatic carbocycles. The predicted octanol–water partition coefficient (Wildman–Crippen LogP) is -0.0944. The summed E-state index contributed by atoms with van der Waals surface area (Å²) in [7, 11) is 0. The van der Waals surface area contributed by atoms with Gasteiger partial charge in [0.2, 0.25) is 0 Å². The molecule has 1 aliphatic rings. The molecule has 4 nitrogen and oxygen atoms in total. The van der Waals surface area contributed by atoms with E-state index in [1.165, 1.54) is 0 Å². The lowest BCUT2D eigenvalue weighted by molar-refractivity contribution is -0.109. The maximum absolute atomic E-state index is 13.4. The second kappa shape index (κ2) is 5.92. The Kier molecular flexibility index (Phi) is 4.46. The highest BCUT2D eigenvalue weighted by molar-refractivity contribution is 5.19. The summed E-state index contributed by atoms with van der Waals surface area (Å²) in [5, 5.41) is 28.5. The Hall–Kier alpha value is -1.08. The Bertz CT molecular complexity index is 432. The van der Waals surface area contributed by atoms with E-state index in [0.29, 0.717) is 6.54 Å². The first-order valence-corrected chi connectivity index (χ1v) is 6.18. The first-order chi connectivity index (χ1) is 8.97. The van der Waals surface area contributed by atoms with Gasteiger partial charge >= 0.3 is 0 Å². The van der Waals surface area contributed by atoms with Gasteiger partial charge < -0.3 is 15.3 Å². The summed E-state index contributed by atoms with van der Waals surface area (Å²) in [6.07, 6.45) is -2.93. The highest BCUT2D eigenvalue weighted by Crippen LogP contribution is 2.15. The van der Waals surface area contributed by atoms with Crippen LogP contribution >= 0.6 is 0 Å². The minimum atomic E-state index is -1.15. The van der Waals surface area contributed by atoms with Gasteiger partial charge in [-0.25, -0.2) is 8.78 Å². The molecule has 1 aromatic rings. The highest BCUT2D eigenvalue weighted by atomic mass is 19.1. The number of likely N-dealkylation sites (tertiary alicyclic amines) is 1. The topological polar surface area (TPSA) is 63.9 Å². The molecule has 106 valence electrons. The van der Waals surface area contributed by atoms with Crippen LogP contribution in [0.15, 0.2) is 18.2 Å². The molecule has 0 aromatic heterocycles. The summed E-state index contributed by atoms with van der Waals surface area (Å²) >= 11 is 0. The normalized spacial score (nSPS) is 28.6. The van der Waals surface area contributed by atoms with E-state index in [4.69, 9.17) is 0 Å². The zero-order valence-electron chi connectivity index (χ0n) is 10.3. The summed E-state index contributed by atoms with van der Waals surface area (Å²) in [4.78, 5) is 1.71. The fourth-order valence-corrected chi connectivity index (χ4v) is 2.27. The Labute approximate surface area is 109 Å². The highest BCUT2D eigenvalue weighted by Gasteiger charge is 2.33. The van der Waals surface area contributed by atoms with Gasteiger partial charge in [-0.3, -0.25) is 4.90 Å². The Morgan fingerprint density at radius 1 is 1.11 bits per heavy atom. The fraction of sp³-hybridized carbons (Fsp3) is 0.538. The zero-order valence-corrected chi connectivity index (χ0v) is 10.3. The molecular formula is C13H17F2NO3. The summed E-state index contributed by atoms with van der Waals surface area (Å²) in [5.74, 6) is -0.968. The molecule has 0 amide bonds. The molecule has 1 saturated heterocycles. The van der Waals surface area contributed by atoms with Crippen molar-refractivity contribution in [3.8, 4) is 0 Å². The molecule has 0 bridgehead atoms. The van der Waals surface area contributed by atoms with Crippen LogP contribution in [-0.4, -0.2) is 58.2 Å². The number of benzene rings is 1. The van der Waals surface area contributed by atoms with Crippen molar-refractivity contribution in [3.63, 3.8) is 0 Å². The lowest BCUT2D eigenvalue weighted by Gasteiger charge is -2.36.